The van der Waals surface area contributed by atoms with Gasteiger partial charge in [-0.2, -0.15) is 0 Å². The van der Waals surface area contributed by atoms with E-state index in [1.165, 1.54) is 24.3 Å². The van der Waals surface area contributed by atoms with E-state index in [4.69, 9.17) is 4.42 Å². The van der Waals surface area contributed by atoms with Crippen molar-refractivity contribution < 1.29 is 18.0 Å². The summed E-state index contributed by atoms with van der Waals surface area (Å²) in [6, 6.07) is 8.58. The number of furan rings is 1. The molecule has 5 heteroatoms. The molecule has 112 valence electrons. The van der Waals surface area contributed by atoms with Gasteiger partial charge < -0.3 is 9.73 Å². The molecule has 1 heterocycles. The number of nitrogens with one attached hydrogen (secondary N) is 1. The van der Waals surface area contributed by atoms with Crippen molar-refractivity contribution >= 4 is 22.6 Å². The Hall–Kier alpha value is -2.69. The smallest absolute Gasteiger partial charge is 0.291 e. The van der Waals surface area contributed by atoms with E-state index in [-0.39, 0.29) is 17.2 Å². The summed E-state index contributed by atoms with van der Waals surface area (Å²) in [5, 5.41) is 3.21. The summed E-state index contributed by atoms with van der Waals surface area (Å²) in [7, 11) is 0. The lowest BCUT2D eigenvalue weighted by molar-refractivity contribution is 0.0997. The molecule has 0 radical (unpaired) electrons. The topological polar surface area (TPSA) is 42.2 Å². The zero-order valence-electron chi connectivity index (χ0n) is 12.0. The number of halogens is 2. The molecule has 0 aliphatic heterocycles. The van der Waals surface area contributed by atoms with Crippen LogP contribution < -0.4 is 5.32 Å². The molecule has 0 unspecified atom stereocenters. The second kappa shape index (κ2) is 5.26. The van der Waals surface area contributed by atoms with Gasteiger partial charge in [0.2, 0.25) is 0 Å². The van der Waals surface area contributed by atoms with Crippen LogP contribution in [0.25, 0.3) is 11.0 Å². The Labute approximate surface area is 125 Å². The van der Waals surface area contributed by atoms with Gasteiger partial charge in [0.05, 0.1) is 0 Å². The predicted octanol–water partition coefficient (Wildman–Crippen LogP) is 4.58. The molecule has 0 fully saturated rings. The molecule has 2 aromatic carbocycles. The minimum Gasteiger partial charge on any atom is -0.448 e. The van der Waals surface area contributed by atoms with Crippen molar-refractivity contribution in [3.05, 3.63) is 64.9 Å². The first-order valence-electron chi connectivity index (χ1n) is 6.72. The summed E-state index contributed by atoms with van der Waals surface area (Å²) in [6.07, 6.45) is 0. The zero-order valence-corrected chi connectivity index (χ0v) is 12.0. The lowest BCUT2D eigenvalue weighted by Crippen LogP contribution is -2.13. The summed E-state index contributed by atoms with van der Waals surface area (Å²) < 4.78 is 32.2. The van der Waals surface area contributed by atoms with Crippen molar-refractivity contribution in [3.63, 3.8) is 0 Å². The molecule has 0 spiro atoms. The first kappa shape index (κ1) is 14.3. The van der Waals surface area contributed by atoms with Crippen molar-refractivity contribution in [2.24, 2.45) is 0 Å². The Morgan fingerprint density at radius 1 is 1.14 bits per heavy atom. The Kier molecular flexibility index (Phi) is 3.41. The van der Waals surface area contributed by atoms with Crippen LogP contribution >= 0.6 is 0 Å². The number of para-hydroxylation sites is 1. The second-order valence-corrected chi connectivity index (χ2v) is 5.09. The highest BCUT2D eigenvalue weighted by Gasteiger charge is 2.20. The molecule has 3 rings (SSSR count). The number of carbonyl (C=O) groups excluding carboxylic acids is 1. The average molecular weight is 301 g/mol. The van der Waals surface area contributed by atoms with Gasteiger partial charge >= 0.3 is 0 Å². The lowest BCUT2D eigenvalue weighted by atomic mass is 10.1. The fourth-order valence-electron chi connectivity index (χ4n) is 2.37. The number of carbonyl (C=O) groups is 1. The largest absolute Gasteiger partial charge is 0.448 e. The van der Waals surface area contributed by atoms with Gasteiger partial charge in [-0.05, 0) is 43.7 Å². The van der Waals surface area contributed by atoms with Crippen molar-refractivity contribution in [1.29, 1.82) is 0 Å². The van der Waals surface area contributed by atoms with Crippen molar-refractivity contribution in [1.82, 2.24) is 0 Å². The second-order valence-electron chi connectivity index (χ2n) is 5.09. The maximum absolute atomic E-state index is 13.7. The Morgan fingerprint density at radius 2 is 1.91 bits per heavy atom. The lowest BCUT2D eigenvalue weighted by Gasteiger charge is -2.07. The quantitative estimate of drug-likeness (QED) is 0.752. The van der Waals surface area contributed by atoms with Crippen LogP contribution in [0.3, 0.4) is 0 Å². The van der Waals surface area contributed by atoms with Crippen molar-refractivity contribution in [2.45, 2.75) is 13.8 Å². The monoisotopic (exact) mass is 301 g/mol. The van der Waals surface area contributed by atoms with E-state index in [1.54, 1.807) is 26.0 Å². The third kappa shape index (κ3) is 2.35. The molecule has 0 atom stereocenters. The van der Waals surface area contributed by atoms with E-state index in [0.717, 1.165) is 0 Å². The van der Waals surface area contributed by atoms with Gasteiger partial charge in [0.1, 0.15) is 5.82 Å². The molecule has 1 N–H and O–H groups in total. The summed E-state index contributed by atoms with van der Waals surface area (Å²) >= 11 is 0. The minimum absolute atomic E-state index is 0.0452. The maximum atomic E-state index is 13.7. The Bertz CT molecular complexity index is 884. The third-order valence-electron chi connectivity index (χ3n) is 3.56. The van der Waals surface area contributed by atoms with Crippen LogP contribution in [0.5, 0.6) is 0 Å². The van der Waals surface area contributed by atoms with Crippen LogP contribution in [0.2, 0.25) is 0 Å². The van der Waals surface area contributed by atoms with Crippen molar-refractivity contribution in [3.8, 4) is 0 Å². The van der Waals surface area contributed by atoms with Crippen LogP contribution in [-0.4, -0.2) is 5.91 Å². The molecule has 1 amide bonds. The molecule has 3 aromatic rings. The van der Waals surface area contributed by atoms with Crippen LogP contribution in [0.15, 0.2) is 40.8 Å². The highest BCUT2D eigenvalue weighted by atomic mass is 19.1. The molecule has 0 saturated heterocycles. The fourth-order valence-corrected chi connectivity index (χ4v) is 2.37. The van der Waals surface area contributed by atoms with Gasteiger partial charge in [-0.3, -0.25) is 4.79 Å². The number of anilines is 1. The zero-order chi connectivity index (χ0) is 15.9. The number of benzene rings is 2. The van der Waals surface area contributed by atoms with Crippen LogP contribution in [0.4, 0.5) is 14.5 Å². The normalized spacial score (nSPS) is 10.9. The molecule has 0 saturated carbocycles. The highest BCUT2D eigenvalue weighted by Crippen LogP contribution is 2.28. The molecular weight excluding hydrogens is 288 g/mol. The van der Waals surface area contributed by atoms with E-state index in [2.05, 4.69) is 5.32 Å². The van der Waals surface area contributed by atoms with Gasteiger partial charge in [0, 0.05) is 16.6 Å². The third-order valence-corrected chi connectivity index (χ3v) is 3.56. The van der Waals surface area contributed by atoms with Crippen LogP contribution in [-0.2, 0) is 0 Å². The minimum atomic E-state index is -0.516. The maximum Gasteiger partial charge on any atom is 0.291 e. The van der Waals surface area contributed by atoms with Gasteiger partial charge in [0.15, 0.2) is 17.2 Å². The van der Waals surface area contributed by atoms with Gasteiger partial charge in [-0.1, -0.05) is 12.1 Å². The van der Waals surface area contributed by atoms with E-state index < -0.39 is 11.7 Å². The molecule has 0 aliphatic carbocycles. The molecule has 0 aliphatic rings. The predicted molar refractivity (Wildman–Crippen MR) is 80.0 cm³/mol. The first-order valence-corrected chi connectivity index (χ1v) is 6.72. The van der Waals surface area contributed by atoms with Crippen LogP contribution in [0, 0.1) is 25.5 Å². The highest BCUT2D eigenvalue weighted by molar-refractivity contribution is 6.06. The number of amides is 1. The van der Waals surface area contributed by atoms with E-state index >= 15 is 0 Å². The molecular formula is C17H13F2NO2. The number of fused-ring (bicyclic) bond motifs is 1. The van der Waals surface area contributed by atoms with E-state index in [0.29, 0.717) is 22.2 Å². The Morgan fingerprint density at radius 3 is 2.59 bits per heavy atom. The molecule has 22 heavy (non-hydrogen) atoms. The SMILES string of the molecule is Cc1cc(F)ccc1NC(=O)c1oc2c(F)cccc2c1C. The number of aryl methyl sites for hydroxylation is 2. The van der Waals surface area contributed by atoms with E-state index in [9.17, 15) is 13.6 Å². The van der Waals surface area contributed by atoms with Crippen LogP contribution in [0.1, 0.15) is 21.7 Å². The molecule has 1 aromatic heterocycles. The first-order chi connectivity index (χ1) is 10.5. The van der Waals surface area contributed by atoms with Gasteiger partial charge in [-0.25, -0.2) is 8.78 Å². The summed E-state index contributed by atoms with van der Waals surface area (Å²) in [6.45, 7) is 3.38. The number of hydrogen-bond donors (Lipinski definition) is 1. The summed E-state index contributed by atoms with van der Waals surface area (Å²) in [5.74, 6) is -1.35. The number of hydrogen-bond acceptors (Lipinski definition) is 2. The molecule has 0 bridgehead atoms. The summed E-state index contributed by atoms with van der Waals surface area (Å²) in [5.41, 5.74) is 1.69. The number of rotatable bonds is 2. The Balaban J connectivity index is 1.99. The fraction of sp³-hybridized carbons (Fsp3) is 0.118. The standard InChI is InChI=1S/C17H13F2NO2/c1-9-8-11(18)6-7-14(9)20-17(21)15-10(2)12-4-3-5-13(19)16(12)22-15/h3-8H,1-2H3,(H,20,21). The van der Waals surface area contributed by atoms with Gasteiger partial charge in [-0.15, -0.1) is 0 Å². The van der Waals surface area contributed by atoms with Crippen molar-refractivity contribution in [2.75, 3.05) is 5.32 Å². The average Bonchev–Trinajstić information content (AvgIpc) is 2.81. The summed E-state index contributed by atoms with van der Waals surface area (Å²) in [4.78, 5) is 12.3. The van der Waals surface area contributed by atoms with Gasteiger partial charge in [0.25, 0.3) is 5.91 Å². The molecule has 3 nitrogen and oxygen atoms in total. The van der Waals surface area contributed by atoms with E-state index in [1.807, 2.05) is 0 Å².